The van der Waals surface area contributed by atoms with Gasteiger partial charge in [-0.05, 0) is 40.0 Å². The molecular formula is C20H37FN5O8PS. The number of rotatable bonds is 18. The van der Waals surface area contributed by atoms with E-state index in [1.165, 1.54) is 6.20 Å². The number of nitrogens with one attached hydrogen (secondary N) is 2. The second-order valence-electron chi connectivity index (χ2n) is 8.99. The standard InChI is InChI=1S/C20H37FN5O8PS/c1-19(2,36-21)7-9-34-20(3,35)10-12(22)11-26(23)8-6-14(17(31)32)25-18(33)24-13(16(29)30)4-5-15(27)28/h11,13-14H,4-10,22-23,35H2,1-3H3,(H,27,28)(H,29,30)(H,31,32)(H2,24,25,33)/b12-11-. The summed E-state index contributed by atoms with van der Waals surface area (Å²) in [6.45, 7) is 5.56. The number of carboxylic acid groups (broad SMARTS) is 3. The number of carbonyl (C=O) groups is 4. The predicted molar refractivity (Wildman–Crippen MR) is 135 cm³/mol. The van der Waals surface area contributed by atoms with Gasteiger partial charge in [-0.15, -0.1) is 9.24 Å². The quantitative estimate of drug-likeness (QED) is 0.0718. The van der Waals surface area contributed by atoms with E-state index >= 15 is 0 Å². The average Bonchev–Trinajstić information content (AvgIpc) is 2.72. The van der Waals surface area contributed by atoms with Gasteiger partial charge in [0.05, 0.1) is 17.5 Å². The van der Waals surface area contributed by atoms with Crippen molar-refractivity contribution in [3.8, 4) is 0 Å². The van der Waals surface area contributed by atoms with E-state index in [0.717, 1.165) is 5.01 Å². The van der Waals surface area contributed by atoms with Crippen molar-refractivity contribution in [3.63, 3.8) is 0 Å². The summed E-state index contributed by atoms with van der Waals surface area (Å²) in [5, 5.41) is 31.7. The fourth-order valence-corrected chi connectivity index (χ4v) is 3.28. The number of halogens is 1. The topological polar surface area (TPSA) is 218 Å². The minimum Gasteiger partial charge on any atom is -0.481 e. The van der Waals surface area contributed by atoms with Crippen LogP contribution in [0.2, 0.25) is 0 Å². The normalized spacial score (nSPS) is 15.3. The van der Waals surface area contributed by atoms with E-state index in [-0.39, 0.29) is 38.0 Å². The zero-order chi connectivity index (χ0) is 28.1. The Labute approximate surface area is 216 Å². The number of amides is 2. The molecule has 0 saturated carbocycles. The number of hydrogen-bond donors (Lipinski definition) is 7. The fraction of sp³-hybridized carbons (Fsp3) is 0.700. The van der Waals surface area contributed by atoms with Crippen LogP contribution in [-0.2, 0) is 19.1 Å². The van der Waals surface area contributed by atoms with Gasteiger partial charge in [-0.25, -0.2) is 20.2 Å². The number of urea groups is 1. The summed E-state index contributed by atoms with van der Waals surface area (Å²) in [4.78, 5) is 45.4. The summed E-state index contributed by atoms with van der Waals surface area (Å²) in [6, 6.07) is -4.00. The number of nitrogens with two attached hydrogens (primary N) is 2. The van der Waals surface area contributed by atoms with Gasteiger partial charge in [-0.2, -0.15) is 3.89 Å². The van der Waals surface area contributed by atoms with Crippen LogP contribution in [0.4, 0.5) is 8.68 Å². The van der Waals surface area contributed by atoms with Crippen molar-refractivity contribution in [2.45, 2.75) is 75.0 Å². The number of hydrogen-bond acceptors (Lipinski definition) is 9. The van der Waals surface area contributed by atoms with Crippen LogP contribution in [0.1, 0.15) is 52.9 Å². The predicted octanol–water partition coefficient (Wildman–Crippen LogP) is 1.21. The summed E-state index contributed by atoms with van der Waals surface area (Å²) in [5.41, 5.74) is 6.34. The van der Waals surface area contributed by atoms with Crippen LogP contribution in [0.5, 0.6) is 0 Å². The van der Waals surface area contributed by atoms with Crippen molar-refractivity contribution in [2.75, 3.05) is 13.2 Å². The first kappa shape index (κ1) is 33.7. The van der Waals surface area contributed by atoms with E-state index in [0.29, 0.717) is 18.7 Å². The van der Waals surface area contributed by atoms with Crippen molar-refractivity contribution in [2.24, 2.45) is 11.6 Å². The third-order valence-corrected chi connectivity index (χ3v) is 5.75. The number of carboxylic acids is 3. The summed E-state index contributed by atoms with van der Waals surface area (Å²) in [5.74, 6) is 1.79. The van der Waals surface area contributed by atoms with Gasteiger partial charge in [0.2, 0.25) is 0 Å². The highest BCUT2D eigenvalue weighted by molar-refractivity contribution is 7.95. The maximum absolute atomic E-state index is 12.8. The van der Waals surface area contributed by atoms with E-state index in [2.05, 4.69) is 14.6 Å². The third-order valence-electron chi connectivity index (χ3n) is 4.76. The van der Waals surface area contributed by atoms with Crippen LogP contribution in [0.25, 0.3) is 0 Å². The molecule has 36 heavy (non-hydrogen) atoms. The molecule has 16 heteroatoms. The molecule has 0 bridgehead atoms. The number of carbonyl (C=O) groups excluding carboxylic acids is 1. The van der Waals surface area contributed by atoms with Crippen molar-refractivity contribution in [3.05, 3.63) is 11.9 Å². The number of aliphatic carboxylic acids is 3. The van der Waals surface area contributed by atoms with Crippen LogP contribution in [0, 0.1) is 0 Å². The van der Waals surface area contributed by atoms with Crippen molar-refractivity contribution < 1.29 is 43.1 Å². The Hall–Kier alpha value is -2.35. The van der Waals surface area contributed by atoms with E-state index < -0.39 is 52.5 Å². The van der Waals surface area contributed by atoms with Crippen LogP contribution in [0.3, 0.4) is 0 Å². The molecule has 208 valence electrons. The molecule has 13 nitrogen and oxygen atoms in total. The monoisotopic (exact) mass is 557 g/mol. The minimum atomic E-state index is -1.51. The molecule has 9 N–H and O–H groups in total. The molecule has 0 heterocycles. The minimum absolute atomic E-state index is 0.0321. The van der Waals surface area contributed by atoms with Gasteiger partial charge in [0.1, 0.15) is 12.1 Å². The Morgan fingerprint density at radius 2 is 1.64 bits per heavy atom. The molecule has 4 atom stereocenters. The molecule has 0 radical (unpaired) electrons. The number of ether oxygens (including phenoxy) is 1. The van der Waals surface area contributed by atoms with Gasteiger partial charge in [0, 0.05) is 42.6 Å². The third kappa shape index (κ3) is 15.6. The lowest BCUT2D eigenvalue weighted by Gasteiger charge is -2.28. The highest BCUT2D eigenvalue weighted by Gasteiger charge is 2.26. The molecule has 0 spiro atoms. The SMILES string of the molecule is CC(P)(C/C(N)=C/N(N)CCC(NC(=O)NC(CCC(=O)O)C(=O)O)C(=O)O)OCCC(C)(C)SF. The Morgan fingerprint density at radius 1 is 1.11 bits per heavy atom. The molecule has 0 aromatic heterocycles. The first-order valence-electron chi connectivity index (χ1n) is 10.9. The molecule has 4 unspecified atom stereocenters. The van der Waals surface area contributed by atoms with Gasteiger partial charge in [0.25, 0.3) is 0 Å². The van der Waals surface area contributed by atoms with E-state index in [9.17, 15) is 28.2 Å². The van der Waals surface area contributed by atoms with E-state index in [1.54, 1.807) is 20.8 Å². The Bertz CT molecular complexity index is 802. The average molecular weight is 558 g/mol. The van der Waals surface area contributed by atoms with Crippen LogP contribution in [0.15, 0.2) is 11.9 Å². The highest BCUT2D eigenvalue weighted by atomic mass is 32.2. The molecule has 0 rings (SSSR count). The number of hydrazine groups is 1. The van der Waals surface area contributed by atoms with Gasteiger partial charge < -0.3 is 41.4 Å². The first-order chi connectivity index (χ1) is 16.5. The molecule has 0 aromatic carbocycles. The van der Waals surface area contributed by atoms with Gasteiger partial charge >= 0.3 is 23.9 Å². The van der Waals surface area contributed by atoms with Crippen molar-refractivity contribution in [1.29, 1.82) is 0 Å². The summed E-state index contributed by atoms with van der Waals surface area (Å²) >= 11 is 0.255. The molecule has 0 aliphatic carbocycles. The Kier molecular flexibility index (Phi) is 14.7. The lowest BCUT2D eigenvalue weighted by Crippen LogP contribution is -2.52. The van der Waals surface area contributed by atoms with E-state index in [4.69, 9.17) is 26.5 Å². The van der Waals surface area contributed by atoms with Gasteiger partial charge in [0.15, 0.2) is 0 Å². The Morgan fingerprint density at radius 3 is 2.11 bits per heavy atom. The zero-order valence-electron chi connectivity index (χ0n) is 20.5. The molecule has 0 aromatic rings. The lowest BCUT2D eigenvalue weighted by atomic mass is 10.1. The molecule has 0 saturated heterocycles. The highest BCUT2D eigenvalue weighted by Crippen LogP contribution is 2.31. The molecule has 0 aliphatic heterocycles. The lowest BCUT2D eigenvalue weighted by molar-refractivity contribution is -0.140. The Balaban J connectivity index is 4.81. The molecule has 2 amide bonds. The largest absolute Gasteiger partial charge is 0.481 e. The van der Waals surface area contributed by atoms with Crippen molar-refractivity contribution >= 4 is 45.3 Å². The fourth-order valence-electron chi connectivity index (χ4n) is 2.77. The van der Waals surface area contributed by atoms with Crippen LogP contribution >= 0.6 is 21.4 Å². The maximum Gasteiger partial charge on any atom is 0.326 e. The van der Waals surface area contributed by atoms with Crippen LogP contribution in [-0.4, -0.2) is 79.6 Å². The summed E-state index contributed by atoms with van der Waals surface area (Å²) < 4.78 is 18.0. The summed E-state index contributed by atoms with van der Waals surface area (Å²) in [7, 11) is 2.52. The van der Waals surface area contributed by atoms with Gasteiger partial charge in [-0.3, -0.25) is 4.79 Å². The molecule has 0 fully saturated rings. The summed E-state index contributed by atoms with van der Waals surface area (Å²) in [6.07, 6.45) is 1.10. The smallest absolute Gasteiger partial charge is 0.326 e. The van der Waals surface area contributed by atoms with Crippen molar-refractivity contribution in [1.82, 2.24) is 15.6 Å². The van der Waals surface area contributed by atoms with Gasteiger partial charge in [-0.1, -0.05) is 0 Å². The zero-order valence-corrected chi connectivity index (χ0v) is 22.5. The molecular weight excluding hydrogens is 520 g/mol. The molecule has 0 aliphatic rings. The number of nitrogens with zero attached hydrogens (tertiary/aromatic N) is 1. The van der Waals surface area contributed by atoms with E-state index in [1.807, 2.05) is 5.32 Å². The second-order valence-corrected chi connectivity index (χ2v) is 11.5. The maximum atomic E-state index is 12.8. The first-order valence-corrected chi connectivity index (χ1v) is 12.2. The van der Waals surface area contributed by atoms with Crippen LogP contribution < -0.4 is 22.2 Å². The second kappa shape index (κ2) is 15.7.